The number of benzene rings is 3. The lowest BCUT2D eigenvalue weighted by Crippen LogP contribution is -2.25. The van der Waals surface area contributed by atoms with Gasteiger partial charge in [-0.05, 0) is 41.8 Å². The summed E-state index contributed by atoms with van der Waals surface area (Å²) < 4.78 is 5.88. The number of aromatic hydroxyl groups is 3. The molecule has 0 saturated heterocycles. The molecule has 1 amide bonds. The fraction of sp³-hybridized carbons (Fsp3) is 0.0800. The molecule has 0 aliphatic heterocycles. The number of rotatable bonds is 7. The van der Waals surface area contributed by atoms with E-state index in [9.17, 15) is 20.1 Å². The molecule has 166 valence electrons. The third kappa shape index (κ3) is 5.37. The summed E-state index contributed by atoms with van der Waals surface area (Å²) in [6.07, 6.45) is 5.53. The maximum atomic E-state index is 12.2. The maximum Gasteiger partial charge on any atom is 0.258 e. The molecule has 1 aromatic heterocycles. The fourth-order valence-electron chi connectivity index (χ4n) is 3.26. The topological polar surface area (TPSA) is 125 Å². The number of nitrogens with one attached hydrogen (secondary N) is 1. The summed E-state index contributed by atoms with van der Waals surface area (Å²) in [7, 11) is 0. The molecule has 4 rings (SSSR count). The van der Waals surface area contributed by atoms with E-state index >= 15 is 0 Å². The highest BCUT2D eigenvalue weighted by molar-refractivity contribution is 5.99. The Hall–Kier alpha value is -4.59. The van der Waals surface area contributed by atoms with E-state index in [1.807, 2.05) is 48.5 Å². The Labute approximate surface area is 189 Å². The van der Waals surface area contributed by atoms with Gasteiger partial charge >= 0.3 is 0 Å². The van der Waals surface area contributed by atoms with Gasteiger partial charge in [0.2, 0.25) is 0 Å². The van der Waals surface area contributed by atoms with Crippen molar-refractivity contribution in [2.24, 2.45) is 0 Å². The number of hydrogen-bond acceptors (Lipinski definition) is 7. The molecule has 0 unspecified atom stereocenters. The molecule has 8 nitrogen and oxygen atoms in total. The van der Waals surface area contributed by atoms with Crippen LogP contribution in [0.1, 0.15) is 15.9 Å². The zero-order chi connectivity index (χ0) is 23.2. The summed E-state index contributed by atoms with van der Waals surface area (Å²) in [6, 6.07) is 17.1. The number of hydrogen-bond donors (Lipinski definition) is 4. The first-order valence-corrected chi connectivity index (χ1v) is 10.1. The smallest absolute Gasteiger partial charge is 0.258 e. The first-order valence-electron chi connectivity index (χ1n) is 10.1. The molecule has 3 aromatic carbocycles. The van der Waals surface area contributed by atoms with Gasteiger partial charge in [0.25, 0.3) is 5.91 Å². The Balaban J connectivity index is 1.30. The largest absolute Gasteiger partial charge is 0.508 e. The summed E-state index contributed by atoms with van der Waals surface area (Å²) in [5.74, 6) is -0.559. The summed E-state index contributed by atoms with van der Waals surface area (Å²) in [5.41, 5.74) is 2.62. The minimum atomic E-state index is -0.629. The highest BCUT2D eigenvalue weighted by Crippen LogP contribution is 2.31. The van der Waals surface area contributed by atoms with Crippen LogP contribution in [0.25, 0.3) is 11.1 Å². The quantitative estimate of drug-likeness (QED) is 0.340. The average Bonchev–Trinajstić information content (AvgIpc) is 2.81. The van der Waals surface area contributed by atoms with Crippen LogP contribution in [0.15, 0.2) is 79.4 Å². The Kier molecular flexibility index (Phi) is 6.36. The van der Waals surface area contributed by atoms with E-state index in [-0.39, 0.29) is 11.3 Å². The van der Waals surface area contributed by atoms with E-state index in [1.165, 1.54) is 6.33 Å². The summed E-state index contributed by atoms with van der Waals surface area (Å²) in [5, 5.41) is 31.5. The first-order chi connectivity index (χ1) is 16.0. The number of carbonyl (C=O) groups excluding carboxylic acids is 1. The molecule has 1 heterocycles. The summed E-state index contributed by atoms with van der Waals surface area (Å²) in [6.45, 7) is 0.295. The van der Waals surface area contributed by atoms with Crippen LogP contribution in [-0.2, 0) is 6.42 Å². The van der Waals surface area contributed by atoms with E-state index in [0.717, 1.165) is 28.8 Å². The molecule has 0 spiro atoms. The molecule has 0 radical (unpaired) electrons. The van der Waals surface area contributed by atoms with E-state index < -0.39 is 17.4 Å². The van der Waals surface area contributed by atoms with E-state index in [0.29, 0.717) is 24.5 Å². The van der Waals surface area contributed by atoms with Crippen LogP contribution >= 0.6 is 0 Å². The van der Waals surface area contributed by atoms with Crippen molar-refractivity contribution in [2.75, 3.05) is 6.54 Å². The van der Waals surface area contributed by atoms with Crippen LogP contribution in [0.3, 0.4) is 0 Å². The lowest BCUT2D eigenvalue weighted by Gasteiger charge is -2.10. The molecule has 4 aromatic rings. The standard InChI is InChI=1S/C25H21N3O5/c29-19-11-22(30)24(23(31)12-19)25(32)28-10-9-16-1-5-20(6-2-16)33-21-7-3-17(4-8-21)18-13-26-15-27-14-18/h1-8,11-15,29-31H,9-10H2,(H,28,32). The number of phenols is 3. The van der Waals surface area contributed by atoms with Gasteiger partial charge in [0.1, 0.15) is 40.6 Å². The van der Waals surface area contributed by atoms with Gasteiger partial charge in [-0.3, -0.25) is 4.79 Å². The van der Waals surface area contributed by atoms with E-state index in [2.05, 4.69) is 15.3 Å². The minimum Gasteiger partial charge on any atom is -0.508 e. The predicted molar refractivity (Wildman–Crippen MR) is 121 cm³/mol. The molecule has 0 saturated carbocycles. The molecular formula is C25H21N3O5. The summed E-state index contributed by atoms with van der Waals surface area (Å²) in [4.78, 5) is 20.3. The van der Waals surface area contributed by atoms with E-state index in [1.54, 1.807) is 12.4 Å². The van der Waals surface area contributed by atoms with Gasteiger partial charge in [-0.25, -0.2) is 9.97 Å². The van der Waals surface area contributed by atoms with Crippen LogP contribution in [0.4, 0.5) is 0 Å². The van der Waals surface area contributed by atoms with Crippen molar-refractivity contribution in [2.45, 2.75) is 6.42 Å². The van der Waals surface area contributed by atoms with Crippen LogP contribution < -0.4 is 10.1 Å². The van der Waals surface area contributed by atoms with E-state index in [4.69, 9.17) is 4.74 Å². The molecule has 0 aliphatic rings. The predicted octanol–water partition coefficient (Wildman–Crippen LogP) is 4.03. The number of phenolic OH excluding ortho intramolecular Hbond substituents is 3. The number of carbonyl (C=O) groups is 1. The van der Waals surface area contributed by atoms with Crippen molar-refractivity contribution in [3.8, 4) is 39.9 Å². The minimum absolute atomic E-state index is 0.276. The number of amides is 1. The molecule has 0 aliphatic carbocycles. The van der Waals surface area contributed by atoms with Gasteiger partial charge in [-0.1, -0.05) is 24.3 Å². The number of ether oxygens (including phenoxy) is 1. The summed E-state index contributed by atoms with van der Waals surface area (Å²) >= 11 is 0. The third-order valence-corrected chi connectivity index (χ3v) is 4.92. The van der Waals surface area contributed by atoms with Crippen molar-refractivity contribution in [3.05, 3.63) is 90.5 Å². The zero-order valence-corrected chi connectivity index (χ0v) is 17.5. The van der Waals surface area contributed by atoms with Gasteiger partial charge in [-0.2, -0.15) is 0 Å². The maximum absolute atomic E-state index is 12.2. The van der Waals surface area contributed by atoms with Crippen molar-refractivity contribution in [1.29, 1.82) is 0 Å². The van der Waals surface area contributed by atoms with Gasteiger partial charge in [0.15, 0.2) is 0 Å². The Morgan fingerprint density at radius 1 is 0.818 bits per heavy atom. The van der Waals surface area contributed by atoms with Gasteiger partial charge in [0.05, 0.1) is 0 Å². The lowest BCUT2D eigenvalue weighted by atomic mass is 10.1. The lowest BCUT2D eigenvalue weighted by molar-refractivity contribution is 0.0948. The zero-order valence-electron chi connectivity index (χ0n) is 17.5. The number of aromatic nitrogens is 2. The number of nitrogens with zero attached hydrogens (tertiary/aromatic N) is 2. The van der Waals surface area contributed by atoms with Crippen LogP contribution in [-0.4, -0.2) is 37.7 Å². The van der Waals surface area contributed by atoms with Gasteiger partial charge in [0, 0.05) is 36.6 Å². The van der Waals surface area contributed by atoms with Crippen molar-refractivity contribution in [1.82, 2.24) is 15.3 Å². The van der Waals surface area contributed by atoms with Crippen LogP contribution in [0, 0.1) is 0 Å². The molecule has 8 heteroatoms. The first kappa shape index (κ1) is 21.6. The highest BCUT2D eigenvalue weighted by Gasteiger charge is 2.17. The second-order valence-corrected chi connectivity index (χ2v) is 7.26. The Morgan fingerprint density at radius 2 is 1.39 bits per heavy atom. The van der Waals surface area contributed by atoms with Crippen molar-refractivity contribution < 1.29 is 24.9 Å². The average molecular weight is 443 g/mol. The molecule has 4 N–H and O–H groups in total. The van der Waals surface area contributed by atoms with Gasteiger partial charge in [-0.15, -0.1) is 0 Å². The second-order valence-electron chi connectivity index (χ2n) is 7.26. The fourth-order valence-corrected chi connectivity index (χ4v) is 3.26. The second kappa shape index (κ2) is 9.69. The van der Waals surface area contributed by atoms with Crippen LogP contribution in [0.5, 0.6) is 28.7 Å². The van der Waals surface area contributed by atoms with Gasteiger partial charge < -0.3 is 25.4 Å². The Bertz CT molecular complexity index is 1220. The molecule has 0 fully saturated rings. The molecule has 0 bridgehead atoms. The van der Waals surface area contributed by atoms with Crippen molar-refractivity contribution >= 4 is 5.91 Å². The third-order valence-electron chi connectivity index (χ3n) is 4.92. The normalized spacial score (nSPS) is 10.5. The molecule has 33 heavy (non-hydrogen) atoms. The molecular weight excluding hydrogens is 422 g/mol. The van der Waals surface area contributed by atoms with Crippen LogP contribution in [0.2, 0.25) is 0 Å². The monoisotopic (exact) mass is 443 g/mol. The SMILES string of the molecule is O=C(NCCc1ccc(Oc2ccc(-c3cncnc3)cc2)cc1)c1c(O)cc(O)cc1O. The highest BCUT2D eigenvalue weighted by atomic mass is 16.5. The van der Waals surface area contributed by atoms with Crippen molar-refractivity contribution in [3.63, 3.8) is 0 Å². The Morgan fingerprint density at radius 3 is 2.00 bits per heavy atom. The molecule has 0 atom stereocenters.